The molecule has 2 rings (SSSR count). The van der Waals surface area contributed by atoms with Crippen LogP contribution >= 0.6 is 0 Å². The predicted octanol–water partition coefficient (Wildman–Crippen LogP) is 4.75. The Bertz CT molecular complexity index is 577. The molecule has 0 aromatic heterocycles. The van der Waals surface area contributed by atoms with Gasteiger partial charge in [-0.05, 0) is 64.4 Å². The molecule has 1 amide bonds. The summed E-state index contributed by atoms with van der Waals surface area (Å²) in [7, 11) is 0. The van der Waals surface area contributed by atoms with Crippen LogP contribution in [0.1, 0.15) is 77.7 Å². The summed E-state index contributed by atoms with van der Waals surface area (Å²) in [6.07, 6.45) is 6.02. The highest BCUT2D eigenvalue weighted by Crippen LogP contribution is 2.33. The Morgan fingerprint density at radius 3 is 2.39 bits per heavy atom. The van der Waals surface area contributed by atoms with E-state index in [0.717, 1.165) is 38.5 Å². The van der Waals surface area contributed by atoms with Gasteiger partial charge in [0.25, 0.3) is 0 Å². The first-order valence-corrected chi connectivity index (χ1v) is 10.7. The zero-order chi connectivity index (χ0) is 20.6. The van der Waals surface area contributed by atoms with E-state index in [4.69, 9.17) is 15.2 Å². The number of nitrogens with one attached hydrogen (secondary N) is 1. The van der Waals surface area contributed by atoms with E-state index in [9.17, 15) is 4.79 Å². The molecular formula is C23H38N2O3. The molecule has 158 valence electrons. The Morgan fingerprint density at radius 1 is 1.18 bits per heavy atom. The molecule has 5 heteroatoms. The largest absolute Gasteiger partial charge is 0.444 e. The van der Waals surface area contributed by atoms with Crippen molar-refractivity contribution in [3.63, 3.8) is 0 Å². The number of carbonyl (C=O) groups excluding carboxylic acids is 1. The van der Waals surface area contributed by atoms with Crippen molar-refractivity contribution in [2.45, 2.75) is 95.9 Å². The summed E-state index contributed by atoms with van der Waals surface area (Å²) in [6, 6.07) is 10.4. The van der Waals surface area contributed by atoms with Gasteiger partial charge in [-0.2, -0.15) is 0 Å². The molecule has 1 aliphatic rings. The van der Waals surface area contributed by atoms with E-state index in [1.165, 1.54) is 5.56 Å². The number of nitrogens with two attached hydrogens (primary N) is 1. The summed E-state index contributed by atoms with van der Waals surface area (Å²) in [5, 5.41) is 2.92. The Balaban J connectivity index is 1.76. The first-order chi connectivity index (χ1) is 13.3. The fourth-order valence-electron chi connectivity index (χ4n) is 3.81. The van der Waals surface area contributed by atoms with E-state index in [2.05, 4.69) is 42.6 Å². The van der Waals surface area contributed by atoms with Gasteiger partial charge in [0.15, 0.2) is 0 Å². The second-order valence-electron chi connectivity index (χ2n) is 8.92. The monoisotopic (exact) mass is 390 g/mol. The lowest BCUT2D eigenvalue weighted by atomic mass is 9.83. The molecule has 0 bridgehead atoms. The number of rotatable bonds is 8. The Labute approximate surface area is 170 Å². The molecule has 0 spiro atoms. The Kier molecular flexibility index (Phi) is 8.77. The highest BCUT2D eigenvalue weighted by Gasteiger charge is 2.26. The maximum absolute atomic E-state index is 12.1. The minimum absolute atomic E-state index is 0.138. The maximum Gasteiger partial charge on any atom is 0.407 e. The lowest BCUT2D eigenvalue weighted by Crippen LogP contribution is -2.51. The van der Waals surface area contributed by atoms with Crippen LogP contribution in [0, 0.1) is 0 Å². The van der Waals surface area contributed by atoms with Crippen LogP contribution < -0.4 is 11.1 Å². The molecule has 1 aromatic carbocycles. The summed E-state index contributed by atoms with van der Waals surface area (Å²) >= 11 is 0. The van der Waals surface area contributed by atoms with Crippen LogP contribution in [0.5, 0.6) is 0 Å². The van der Waals surface area contributed by atoms with Crippen LogP contribution in [0.25, 0.3) is 0 Å². The van der Waals surface area contributed by atoms with Crippen molar-refractivity contribution in [3.8, 4) is 0 Å². The topological polar surface area (TPSA) is 73.6 Å². The fourth-order valence-corrected chi connectivity index (χ4v) is 3.81. The normalized spacial score (nSPS) is 22.3. The molecule has 3 N–H and O–H groups in total. The van der Waals surface area contributed by atoms with Gasteiger partial charge < -0.3 is 20.5 Å². The van der Waals surface area contributed by atoms with Gasteiger partial charge in [-0.15, -0.1) is 0 Å². The van der Waals surface area contributed by atoms with Gasteiger partial charge in [0.05, 0.1) is 12.7 Å². The first-order valence-electron chi connectivity index (χ1n) is 10.7. The maximum atomic E-state index is 12.1. The standard InChI is InChI=1S/C23H38N2O3/c1-5-9-21(25-22(26)28-23(2,3)4)20(24)16-27-19-14-12-18(13-15-19)17-10-7-6-8-11-17/h6-8,10-11,18-21H,5,9,12-16,24H2,1-4H3,(H,25,26). The zero-order valence-electron chi connectivity index (χ0n) is 17.9. The van der Waals surface area contributed by atoms with Crippen molar-refractivity contribution in [3.05, 3.63) is 35.9 Å². The summed E-state index contributed by atoms with van der Waals surface area (Å²) in [5.74, 6) is 0.636. The van der Waals surface area contributed by atoms with E-state index in [1.54, 1.807) is 0 Å². The molecule has 0 heterocycles. The van der Waals surface area contributed by atoms with Gasteiger partial charge >= 0.3 is 6.09 Å². The van der Waals surface area contributed by atoms with Crippen molar-refractivity contribution in [2.24, 2.45) is 5.73 Å². The lowest BCUT2D eigenvalue weighted by Gasteiger charge is -2.31. The summed E-state index contributed by atoms with van der Waals surface area (Å²) in [4.78, 5) is 12.1. The van der Waals surface area contributed by atoms with Gasteiger partial charge in [0.2, 0.25) is 0 Å². The molecule has 28 heavy (non-hydrogen) atoms. The van der Waals surface area contributed by atoms with Gasteiger partial charge in [-0.25, -0.2) is 4.79 Å². The SMILES string of the molecule is CCCC(NC(=O)OC(C)(C)C)C(N)COC1CCC(c2ccccc2)CC1. The van der Waals surface area contributed by atoms with Crippen LogP contribution in [0.4, 0.5) is 4.79 Å². The second-order valence-corrected chi connectivity index (χ2v) is 8.92. The Morgan fingerprint density at radius 2 is 1.82 bits per heavy atom. The number of hydrogen-bond donors (Lipinski definition) is 2. The smallest absolute Gasteiger partial charge is 0.407 e. The van der Waals surface area contributed by atoms with Crippen LogP contribution in [-0.4, -0.2) is 36.5 Å². The molecule has 1 saturated carbocycles. The highest BCUT2D eigenvalue weighted by molar-refractivity contribution is 5.68. The molecule has 0 radical (unpaired) electrons. The third-order valence-electron chi connectivity index (χ3n) is 5.29. The highest BCUT2D eigenvalue weighted by atomic mass is 16.6. The molecule has 0 saturated heterocycles. The van der Waals surface area contributed by atoms with Crippen molar-refractivity contribution >= 4 is 6.09 Å². The zero-order valence-corrected chi connectivity index (χ0v) is 17.9. The van der Waals surface area contributed by atoms with E-state index < -0.39 is 11.7 Å². The molecule has 2 unspecified atom stereocenters. The van der Waals surface area contributed by atoms with Gasteiger partial charge in [0.1, 0.15) is 5.60 Å². The molecular weight excluding hydrogens is 352 g/mol. The lowest BCUT2D eigenvalue weighted by molar-refractivity contribution is 0.0103. The molecule has 1 aromatic rings. The number of hydrogen-bond acceptors (Lipinski definition) is 4. The predicted molar refractivity (Wildman–Crippen MR) is 113 cm³/mol. The number of amides is 1. The first kappa shape index (κ1) is 22.7. The van der Waals surface area contributed by atoms with Crippen LogP contribution in [-0.2, 0) is 9.47 Å². The third-order valence-corrected chi connectivity index (χ3v) is 5.29. The summed E-state index contributed by atoms with van der Waals surface area (Å²) in [5.41, 5.74) is 7.27. The van der Waals surface area contributed by atoms with Crippen LogP contribution in [0.3, 0.4) is 0 Å². The Hall–Kier alpha value is -1.59. The van der Waals surface area contributed by atoms with Gasteiger partial charge in [-0.1, -0.05) is 43.7 Å². The van der Waals surface area contributed by atoms with Gasteiger partial charge in [0, 0.05) is 12.1 Å². The molecule has 5 nitrogen and oxygen atoms in total. The molecule has 0 aliphatic heterocycles. The third kappa shape index (κ3) is 7.80. The quantitative estimate of drug-likeness (QED) is 0.672. The minimum Gasteiger partial charge on any atom is -0.444 e. The van der Waals surface area contributed by atoms with Gasteiger partial charge in [-0.3, -0.25) is 0 Å². The molecule has 2 atom stereocenters. The van der Waals surface area contributed by atoms with Crippen LogP contribution in [0.2, 0.25) is 0 Å². The van der Waals surface area contributed by atoms with Crippen LogP contribution in [0.15, 0.2) is 30.3 Å². The van der Waals surface area contributed by atoms with E-state index >= 15 is 0 Å². The number of benzene rings is 1. The van der Waals surface area contributed by atoms with E-state index in [0.29, 0.717) is 12.5 Å². The number of alkyl carbamates (subject to hydrolysis) is 1. The fraction of sp³-hybridized carbons (Fsp3) is 0.696. The van der Waals surface area contributed by atoms with Crippen molar-refractivity contribution < 1.29 is 14.3 Å². The molecule has 1 aliphatic carbocycles. The average Bonchev–Trinajstić information content (AvgIpc) is 2.65. The van der Waals surface area contributed by atoms with Crippen molar-refractivity contribution in [2.75, 3.05) is 6.61 Å². The van der Waals surface area contributed by atoms with E-state index in [-0.39, 0.29) is 18.2 Å². The summed E-state index contributed by atoms with van der Waals surface area (Å²) in [6.45, 7) is 8.12. The minimum atomic E-state index is -0.515. The van der Waals surface area contributed by atoms with Crippen molar-refractivity contribution in [1.29, 1.82) is 0 Å². The molecule has 1 fully saturated rings. The summed E-state index contributed by atoms with van der Waals surface area (Å²) < 4.78 is 11.5. The number of carbonyl (C=O) groups is 1. The average molecular weight is 391 g/mol. The van der Waals surface area contributed by atoms with E-state index in [1.807, 2.05) is 20.8 Å². The second kappa shape index (κ2) is 10.8. The number of ether oxygens (including phenoxy) is 2. The van der Waals surface area contributed by atoms with Crippen molar-refractivity contribution in [1.82, 2.24) is 5.32 Å².